The molecule has 0 aliphatic carbocycles. The van der Waals surface area contributed by atoms with Gasteiger partial charge in [0.25, 0.3) is 0 Å². The molecule has 6 nitrogen and oxygen atoms in total. The monoisotopic (exact) mass is 383 g/mol. The van der Waals surface area contributed by atoms with Gasteiger partial charge in [-0.2, -0.15) is 0 Å². The van der Waals surface area contributed by atoms with Crippen LogP contribution in [0.1, 0.15) is 25.3 Å². The summed E-state index contributed by atoms with van der Waals surface area (Å²) in [6, 6.07) is 9.80. The van der Waals surface area contributed by atoms with Crippen LogP contribution in [0.3, 0.4) is 0 Å². The highest BCUT2D eigenvalue weighted by atomic mass is 35.5. The molecule has 2 amide bonds. The molecular weight excluding hydrogens is 354 g/mol. The summed E-state index contributed by atoms with van der Waals surface area (Å²) < 4.78 is 0. The van der Waals surface area contributed by atoms with Crippen LogP contribution in [0, 0.1) is 0 Å². The van der Waals surface area contributed by atoms with Crippen LogP contribution in [0.25, 0.3) is 0 Å². The SMILES string of the molecule is CCN(CCO)C(=O)CC1NCCN(CCCc2ccccc2)C1=O.Cl. The predicted molar refractivity (Wildman–Crippen MR) is 104 cm³/mol. The summed E-state index contributed by atoms with van der Waals surface area (Å²) in [5.74, 6) is -0.0822. The first-order valence-corrected chi connectivity index (χ1v) is 9.10. The predicted octanol–water partition coefficient (Wildman–Crippen LogP) is 1.07. The van der Waals surface area contributed by atoms with Crippen molar-refractivity contribution in [3.05, 3.63) is 35.9 Å². The second-order valence-corrected chi connectivity index (χ2v) is 6.32. The lowest BCUT2D eigenvalue weighted by Crippen LogP contribution is -2.56. The van der Waals surface area contributed by atoms with Crippen molar-refractivity contribution in [3.8, 4) is 0 Å². The van der Waals surface area contributed by atoms with Crippen molar-refractivity contribution in [2.45, 2.75) is 32.2 Å². The molecule has 0 spiro atoms. The molecule has 0 bridgehead atoms. The number of nitrogens with one attached hydrogen (secondary N) is 1. The lowest BCUT2D eigenvalue weighted by molar-refractivity contribution is -0.141. The van der Waals surface area contributed by atoms with E-state index in [1.165, 1.54) is 5.56 Å². The van der Waals surface area contributed by atoms with E-state index in [4.69, 9.17) is 5.11 Å². The lowest BCUT2D eigenvalue weighted by Gasteiger charge is -2.34. The molecule has 1 aromatic rings. The zero-order valence-electron chi connectivity index (χ0n) is 15.4. The van der Waals surface area contributed by atoms with Gasteiger partial charge in [0.1, 0.15) is 0 Å². The summed E-state index contributed by atoms with van der Waals surface area (Å²) in [4.78, 5) is 28.4. The van der Waals surface area contributed by atoms with E-state index in [0.29, 0.717) is 32.7 Å². The molecule has 1 heterocycles. The number of rotatable bonds is 9. The first-order chi connectivity index (χ1) is 12.2. The molecule has 1 fully saturated rings. The number of aliphatic hydroxyl groups is 1. The third-order valence-electron chi connectivity index (χ3n) is 4.60. The van der Waals surface area contributed by atoms with Gasteiger partial charge in [-0.15, -0.1) is 12.4 Å². The Hall–Kier alpha value is -1.63. The average molecular weight is 384 g/mol. The first-order valence-electron chi connectivity index (χ1n) is 9.10. The summed E-state index contributed by atoms with van der Waals surface area (Å²) in [6.45, 7) is 4.79. The zero-order valence-corrected chi connectivity index (χ0v) is 16.2. The van der Waals surface area contributed by atoms with Crippen molar-refractivity contribution in [3.63, 3.8) is 0 Å². The number of likely N-dealkylation sites (N-methyl/N-ethyl adjacent to an activating group) is 1. The van der Waals surface area contributed by atoms with Gasteiger partial charge < -0.3 is 20.2 Å². The van der Waals surface area contributed by atoms with Crippen LogP contribution in [-0.2, 0) is 16.0 Å². The highest BCUT2D eigenvalue weighted by Crippen LogP contribution is 2.10. The van der Waals surface area contributed by atoms with Crippen LogP contribution in [-0.4, -0.2) is 72.1 Å². The Kier molecular flexibility index (Phi) is 10.2. The Morgan fingerprint density at radius 3 is 2.73 bits per heavy atom. The Labute approximate surface area is 162 Å². The number of aryl methyl sites for hydroxylation is 1. The highest BCUT2D eigenvalue weighted by molar-refractivity contribution is 5.89. The quantitative estimate of drug-likeness (QED) is 0.669. The number of carbonyl (C=O) groups excluding carboxylic acids is 2. The molecule has 0 radical (unpaired) electrons. The standard InChI is InChI=1S/C19H29N3O3.ClH/c1-2-21(13-14-23)18(24)15-17-19(25)22(12-10-20-17)11-6-9-16-7-4-3-5-8-16;/h3-5,7-8,17,20,23H,2,6,9-15H2,1H3;1H. The molecule has 0 saturated carbocycles. The normalized spacial score (nSPS) is 16.9. The van der Waals surface area contributed by atoms with Crippen molar-refractivity contribution in [1.82, 2.24) is 15.1 Å². The molecular formula is C19H30ClN3O3. The van der Waals surface area contributed by atoms with Crippen molar-refractivity contribution in [2.24, 2.45) is 0 Å². The fourth-order valence-corrected chi connectivity index (χ4v) is 3.18. The molecule has 0 aromatic heterocycles. The molecule has 1 aliphatic rings. The Morgan fingerprint density at radius 1 is 1.35 bits per heavy atom. The van der Waals surface area contributed by atoms with Gasteiger partial charge in [0.2, 0.25) is 11.8 Å². The average Bonchev–Trinajstić information content (AvgIpc) is 2.63. The molecule has 2 N–H and O–H groups in total. The molecule has 146 valence electrons. The number of hydrogen-bond acceptors (Lipinski definition) is 4. The van der Waals surface area contributed by atoms with Crippen LogP contribution >= 0.6 is 12.4 Å². The number of amides is 2. The smallest absolute Gasteiger partial charge is 0.240 e. The van der Waals surface area contributed by atoms with E-state index >= 15 is 0 Å². The minimum atomic E-state index is -0.453. The number of carbonyl (C=O) groups is 2. The number of hydrogen-bond donors (Lipinski definition) is 2. The Balaban J connectivity index is 0.00000338. The fraction of sp³-hybridized carbons (Fsp3) is 0.579. The number of benzene rings is 1. The van der Waals surface area contributed by atoms with E-state index in [-0.39, 0.29) is 37.2 Å². The van der Waals surface area contributed by atoms with Gasteiger partial charge in [-0.05, 0) is 25.3 Å². The van der Waals surface area contributed by atoms with Crippen LogP contribution in [0.5, 0.6) is 0 Å². The Morgan fingerprint density at radius 2 is 2.08 bits per heavy atom. The third kappa shape index (κ3) is 6.59. The number of halogens is 1. The molecule has 1 aliphatic heterocycles. The zero-order chi connectivity index (χ0) is 18.1. The van der Waals surface area contributed by atoms with Crippen LogP contribution in [0.4, 0.5) is 0 Å². The number of nitrogens with zero attached hydrogens (tertiary/aromatic N) is 2. The van der Waals surface area contributed by atoms with Gasteiger partial charge in [-0.1, -0.05) is 30.3 Å². The lowest BCUT2D eigenvalue weighted by atomic mass is 10.1. The maximum Gasteiger partial charge on any atom is 0.240 e. The maximum absolute atomic E-state index is 12.6. The van der Waals surface area contributed by atoms with Crippen molar-refractivity contribution in [2.75, 3.05) is 39.3 Å². The van der Waals surface area contributed by atoms with E-state index < -0.39 is 6.04 Å². The summed E-state index contributed by atoms with van der Waals surface area (Å²) >= 11 is 0. The van der Waals surface area contributed by atoms with Gasteiger partial charge >= 0.3 is 0 Å². The van der Waals surface area contributed by atoms with Gasteiger partial charge in [0, 0.05) is 32.7 Å². The molecule has 2 rings (SSSR count). The molecule has 1 aromatic carbocycles. The molecule has 1 saturated heterocycles. The van der Waals surface area contributed by atoms with E-state index in [1.807, 2.05) is 30.0 Å². The van der Waals surface area contributed by atoms with Gasteiger partial charge in [-0.25, -0.2) is 0 Å². The highest BCUT2D eigenvalue weighted by Gasteiger charge is 2.30. The van der Waals surface area contributed by atoms with Gasteiger partial charge in [-0.3, -0.25) is 9.59 Å². The maximum atomic E-state index is 12.6. The minimum Gasteiger partial charge on any atom is -0.395 e. The second-order valence-electron chi connectivity index (χ2n) is 6.32. The molecule has 26 heavy (non-hydrogen) atoms. The van der Waals surface area contributed by atoms with Crippen molar-refractivity contribution >= 4 is 24.2 Å². The van der Waals surface area contributed by atoms with E-state index in [9.17, 15) is 9.59 Å². The second kappa shape index (κ2) is 11.9. The molecule has 1 unspecified atom stereocenters. The van der Waals surface area contributed by atoms with E-state index in [2.05, 4.69) is 17.4 Å². The topological polar surface area (TPSA) is 72.9 Å². The van der Waals surface area contributed by atoms with Crippen molar-refractivity contribution < 1.29 is 14.7 Å². The minimum absolute atomic E-state index is 0. The number of aliphatic hydroxyl groups excluding tert-OH is 1. The summed E-state index contributed by atoms with van der Waals surface area (Å²) in [5.41, 5.74) is 1.28. The summed E-state index contributed by atoms with van der Waals surface area (Å²) in [5, 5.41) is 12.2. The Bertz CT molecular complexity index is 556. The fourth-order valence-electron chi connectivity index (χ4n) is 3.18. The third-order valence-corrected chi connectivity index (χ3v) is 4.60. The van der Waals surface area contributed by atoms with Crippen molar-refractivity contribution in [1.29, 1.82) is 0 Å². The first kappa shape index (κ1) is 22.4. The van der Waals surface area contributed by atoms with Crippen LogP contribution in [0.2, 0.25) is 0 Å². The largest absolute Gasteiger partial charge is 0.395 e. The summed E-state index contributed by atoms with van der Waals surface area (Å²) in [7, 11) is 0. The molecule has 1 atom stereocenters. The number of piperazine rings is 1. The molecule has 7 heteroatoms. The van der Waals surface area contributed by atoms with Crippen LogP contribution in [0.15, 0.2) is 30.3 Å². The van der Waals surface area contributed by atoms with Gasteiger partial charge in [0.15, 0.2) is 0 Å². The summed E-state index contributed by atoms with van der Waals surface area (Å²) in [6.07, 6.45) is 2.02. The van der Waals surface area contributed by atoms with E-state index in [0.717, 1.165) is 12.8 Å². The van der Waals surface area contributed by atoms with Crippen LogP contribution < -0.4 is 5.32 Å². The van der Waals surface area contributed by atoms with E-state index in [1.54, 1.807) is 4.90 Å². The van der Waals surface area contributed by atoms with Gasteiger partial charge in [0.05, 0.1) is 19.1 Å².